The molecule has 3 aliphatic heterocycles. The molecule has 35 heavy (non-hydrogen) atoms. The molecule has 1 aromatic heterocycles. The molecule has 0 bridgehead atoms. The van der Waals surface area contributed by atoms with Crippen LogP contribution in [0.2, 0.25) is 5.02 Å². The number of carbonyl (C=O) groups is 3. The number of rotatable bonds is 4. The number of amides is 3. The second-order valence-electron chi connectivity index (χ2n) is 9.88. The summed E-state index contributed by atoms with van der Waals surface area (Å²) >= 11 is 6.01. The van der Waals surface area contributed by atoms with Gasteiger partial charge in [0, 0.05) is 24.8 Å². The number of aromatic nitrogens is 1. The molecule has 0 aliphatic carbocycles. The number of hydrogen-bond acceptors (Lipinski definition) is 4. The molecular formula is C25H23ClFN5O3. The minimum atomic E-state index is -1.77. The predicted molar refractivity (Wildman–Crippen MR) is 126 cm³/mol. The summed E-state index contributed by atoms with van der Waals surface area (Å²) in [5.41, 5.74) is -0.717. The minimum Gasteiger partial charge on any atom is -0.325 e. The van der Waals surface area contributed by atoms with E-state index in [-0.39, 0.29) is 42.4 Å². The van der Waals surface area contributed by atoms with Crippen LogP contribution >= 0.6 is 11.6 Å². The summed E-state index contributed by atoms with van der Waals surface area (Å²) in [5.74, 6) is -1.29. The fraction of sp³-hybridized carbons (Fsp3) is 0.400. The van der Waals surface area contributed by atoms with Crippen molar-refractivity contribution in [2.24, 2.45) is 0 Å². The number of carbonyl (C=O) groups excluding carboxylic acids is 3. The summed E-state index contributed by atoms with van der Waals surface area (Å²) in [6, 6.07) is 7.53. The molecule has 1 aromatic carbocycles. The highest BCUT2D eigenvalue weighted by Gasteiger charge is 2.59. The van der Waals surface area contributed by atoms with Gasteiger partial charge >= 0.3 is 6.17 Å². The van der Waals surface area contributed by atoms with Crippen molar-refractivity contribution in [1.29, 1.82) is 0 Å². The fourth-order valence-corrected chi connectivity index (χ4v) is 5.51. The van der Waals surface area contributed by atoms with Gasteiger partial charge in [-0.1, -0.05) is 29.8 Å². The Kier molecular flexibility index (Phi) is 5.33. The lowest BCUT2D eigenvalue weighted by Gasteiger charge is -2.33. The lowest BCUT2D eigenvalue weighted by molar-refractivity contribution is -0.138. The third kappa shape index (κ3) is 3.73. The second-order valence-corrected chi connectivity index (χ2v) is 10.3. The van der Waals surface area contributed by atoms with Crippen molar-refractivity contribution in [3.8, 4) is 0 Å². The largest absolute Gasteiger partial charge is 0.325 e. The number of alkyl halides is 1. The molecule has 0 saturated carbocycles. The zero-order valence-corrected chi connectivity index (χ0v) is 20.0. The summed E-state index contributed by atoms with van der Waals surface area (Å²) in [6.45, 7) is 10.4. The molecular weight excluding hydrogens is 473 g/mol. The van der Waals surface area contributed by atoms with E-state index in [2.05, 4.69) is 15.1 Å². The van der Waals surface area contributed by atoms with E-state index in [9.17, 15) is 18.8 Å². The normalized spacial score (nSPS) is 23.8. The molecule has 0 radical (unpaired) electrons. The van der Waals surface area contributed by atoms with E-state index in [0.717, 1.165) is 5.56 Å². The number of likely N-dealkylation sites (tertiary alicyclic amines) is 1. The molecule has 180 valence electrons. The van der Waals surface area contributed by atoms with E-state index < -0.39 is 35.1 Å². The van der Waals surface area contributed by atoms with Crippen molar-refractivity contribution in [2.75, 3.05) is 11.9 Å². The van der Waals surface area contributed by atoms with Crippen molar-refractivity contribution >= 4 is 35.0 Å². The van der Waals surface area contributed by atoms with Crippen LogP contribution in [-0.2, 0) is 21.5 Å². The van der Waals surface area contributed by atoms with Crippen molar-refractivity contribution in [1.82, 2.24) is 14.8 Å². The van der Waals surface area contributed by atoms with Gasteiger partial charge in [-0.25, -0.2) is 11.0 Å². The highest BCUT2D eigenvalue weighted by Crippen LogP contribution is 2.47. The quantitative estimate of drug-likeness (QED) is 0.657. The molecule has 2 aromatic rings. The van der Waals surface area contributed by atoms with E-state index in [0.29, 0.717) is 11.4 Å². The molecule has 3 amide bonds. The molecule has 4 heterocycles. The molecule has 1 N–H and O–H groups in total. The summed E-state index contributed by atoms with van der Waals surface area (Å²) in [7, 11) is 0. The van der Waals surface area contributed by atoms with Gasteiger partial charge < -0.3 is 10.2 Å². The first-order chi connectivity index (χ1) is 16.5. The van der Waals surface area contributed by atoms with Crippen molar-refractivity contribution in [3.63, 3.8) is 0 Å². The number of benzene rings is 1. The first-order valence-corrected chi connectivity index (χ1v) is 11.6. The van der Waals surface area contributed by atoms with E-state index >= 15 is 0 Å². The SMILES string of the molecule is [C-]#[N+][C@@H]1C[C@@]2(CN1C(=O)[C@H](CC(C)(C)F)N1Cc3ncc(Cl)cc3C1=O)C(=O)Nc1ccccc12. The van der Waals surface area contributed by atoms with Crippen LogP contribution in [0.1, 0.15) is 48.3 Å². The molecule has 1 saturated heterocycles. The van der Waals surface area contributed by atoms with Gasteiger partial charge in [-0.3, -0.25) is 29.1 Å². The maximum atomic E-state index is 14.9. The predicted octanol–water partition coefficient (Wildman–Crippen LogP) is 3.57. The Morgan fingerprint density at radius 2 is 2.14 bits per heavy atom. The smallest absolute Gasteiger partial charge is 0.302 e. The van der Waals surface area contributed by atoms with Crippen LogP contribution in [0, 0.1) is 6.57 Å². The van der Waals surface area contributed by atoms with Gasteiger partial charge in [-0.05, 0) is 31.5 Å². The molecule has 10 heteroatoms. The molecule has 3 aliphatic rings. The average Bonchev–Trinajstić information content (AvgIpc) is 3.44. The summed E-state index contributed by atoms with van der Waals surface area (Å²) < 4.78 is 14.9. The number of anilines is 1. The molecule has 0 unspecified atom stereocenters. The standard InChI is InChI=1S/C25H23ClFN5O3/c1-24(2,27)9-19(31-12-18-15(21(31)33)8-14(26)11-29-18)22(34)32-13-25(10-20(32)28-3)16-6-4-5-7-17(16)30-23(25)35/h4-8,11,19-20H,9-10,12-13H2,1-2H3,(H,30,35)/t19-,20-,25-/m0/s1. The molecule has 1 fully saturated rings. The number of fused-ring (bicyclic) bond motifs is 3. The van der Waals surface area contributed by atoms with Crippen LogP contribution in [0.25, 0.3) is 4.85 Å². The zero-order valence-electron chi connectivity index (χ0n) is 19.2. The third-order valence-corrected chi connectivity index (χ3v) is 7.18. The maximum Gasteiger partial charge on any atom is 0.302 e. The first-order valence-electron chi connectivity index (χ1n) is 11.3. The Bertz CT molecular complexity index is 1300. The van der Waals surface area contributed by atoms with E-state index in [1.807, 2.05) is 12.1 Å². The van der Waals surface area contributed by atoms with Gasteiger partial charge in [0.15, 0.2) is 0 Å². The lowest BCUT2D eigenvalue weighted by Crippen LogP contribution is -2.52. The average molecular weight is 496 g/mol. The van der Waals surface area contributed by atoms with Crippen LogP contribution in [0.15, 0.2) is 36.5 Å². The summed E-state index contributed by atoms with van der Waals surface area (Å²) in [6.07, 6.45) is 0.360. The molecule has 8 nitrogen and oxygen atoms in total. The minimum absolute atomic E-state index is 0.0238. The Morgan fingerprint density at radius 3 is 2.86 bits per heavy atom. The molecule has 3 atom stereocenters. The van der Waals surface area contributed by atoms with Gasteiger partial charge in [0.25, 0.3) is 11.8 Å². The number of nitrogens with one attached hydrogen (secondary N) is 1. The monoisotopic (exact) mass is 495 g/mol. The van der Waals surface area contributed by atoms with Crippen LogP contribution in [-0.4, -0.2) is 56.9 Å². The summed E-state index contributed by atoms with van der Waals surface area (Å²) in [4.78, 5) is 50.7. The van der Waals surface area contributed by atoms with E-state index in [1.54, 1.807) is 12.1 Å². The second kappa shape index (κ2) is 8.02. The topological polar surface area (TPSA) is 87.0 Å². The number of pyridine rings is 1. The number of hydrogen-bond donors (Lipinski definition) is 1. The van der Waals surface area contributed by atoms with Gasteiger partial charge in [0.1, 0.15) is 17.1 Å². The van der Waals surface area contributed by atoms with E-state index in [4.69, 9.17) is 18.2 Å². The Hall–Kier alpha value is -3.51. The van der Waals surface area contributed by atoms with Gasteiger partial charge in [0.2, 0.25) is 5.91 Å². The van der Waals surface area contributed by atoms with Gasteiger partial charge in [-0.2, -0.15) is 0 Å². The first kappa shape index (κ1) is 23.2. The Labute approximate surface area is 206 Å². The Balaban J connectivity index is 1.50. The van der Waals surface area contributed by atoms with Gasteiger partial charge in [-0.15, -0.1) is 0 Å². The van der Waals surface area contributed by atoms with Crippen LogP contribution < -0.4 is 5.32 Å². The van der Waals surface area contributed by atoms with Crippen LogP contribution in [0.4, 0.5) is 10.1 Å². The van der Waals surface area contributed by atoms with Crippen molar-refractivity contribution in [3.05, 3.63) is 69.8 Å². The van der Waals surface area contributed by atoms with Crippen LogP contribution in [0.3, 0.4) is 0 Å². The number of nitrogens with zero attached hydrogens (tertiary/aromatic N) is 4. The Morgan fingerprint density at radius 1 is 1.40 bits per heavy atom. The maximum absolute atomic E-state index is 14.9. The lowest BCUT2D eigenvalue weighted by atomic mass is 9.80. The van der Waals surface area contributed by atoms with Gasteiger partial charge in [0.05, 0.1) is 29.2 Å². The fourth-order valence-electron chi connectivity index (χ4n) is 5.36. The summed E-state index contributed by atoms with van der Waals surface area (Å²) in [5, 5.41) is 3.14. The highest BCUT2D eigenvalue weighted by molar-refractivity contribution is 6.30. The van der Waals surface area contributed by atoms with E-state index in [1.165, 1.54) is 35.9 Å². The third-order valence-electron chi connectivity index (χ3n) is 6.98. The van der Waals surface area contributed by atoms with Crippen molar-refractivity contribution in [2.45, 2.75) is 56.5 Å². The van der Waals surface area contributed by atoms with Crippen LogP contribution in [0.5, 0.6) is 0 Å². The molecule has 5 rings (SSSR count). The molecule has 1 spiro atoms. The number of para-hydroxylation sites is 1. The highest BCUT2D eigenvalue weighted by atomic mass is 35.5. The van der Waals surface area contributed by atoms with Crippen molar-refractivity contribution < 1.29 is 18.8 Å². The number of halogens is 2. The zero-order chi connectivity index (χ0) is 25.1.